The van der Waals surface area contributed by atoms with Crippen LogP contribution in [0, 0.1) is 0 Å². The standard InChI is InChI=1S/C29H26F7N7O3/c1-14-24(15-3-18(28(31,32)33)6-19(4-15)29(34,35)36)46-27(45)43(14)13-23-22(9-38-26(40-23)42-11-20(30)12-42)21-5-16(7-37-25(21)44)17-8-39-41(2)10-17/h3-10,14,20,24-25,37,44H,11-13H2,1-2H3/t14-,24-,25?/m0/s1. The van der Waals surface area contributed by atoms with Gasteiger partial charge in [-0.1, -0.05) is 0 Å². The molecule has 1 unspecified atom stereocenters. The summed E-state index contributed by atoms with van der Waals surface area (Å²) < 4.78 is 102. The number of carbonyl (C=O) groups excluding carboxylic acids is 1. The molecular weight excluding hydrogens is 627 g/mol. The molecule has 17 heteroatoms. The Morgan fingerprint density at radius 2 is 1.74 bits per heavy atom. The molecule has 0 aliphatic carbocycles. The molecular formula is C29H26F7N7O3. The van der Waals surface area contributed by atoms with Crippen molar-refractivity contribution in [1.29, 1.82) is 0 Å². The van der Waals surface area contributed by atoms with Gasteiger partial charge in [0.15, 0.2) is 6.23 Å². The number of benzene rings is 1. The number of hydrogen-bond donors (Lipinski definition) is 2. The van der Waals surface area contributed by atoms with Gasteiger partial charge in [-0.25, -0.2) is 19.2 Å². The Balaban J connectivity index is 1.36. The van der Waals surface area contributed by atoms with Crippen LogP contribution in [0.2, 0.25) is 0 Å². The third-order valence-electron chi connectivity index (χ3n) is 7.98. The van der Waals surface area contributed by atoms with E-state index in [1.807, 2.05) is 0 Å². The van der Waals surface area contributed by atoms with Gasteiger partial charge < -0.3 is 20.1 Å². The quantitative estimate of drug-likeness (QED) is 0.365. The van der Waals surface area contributed by atoms with Crippen LogP contribution in [0.3, 0.4) is 0 Å². The predicted octanol–water partition coefficient (Wildman–Crippen LogP) is 4.83. The molecule has 1 amide bonds. The Labute approximate surface area is 256 Å². The first kappa shape index (κ1) is 31.3. The largest absolute Gasteiger partial charge is 0.439 e. The number of amides is 1. The van der Waals surface area contributed by atoms with Gasteiger partial charge in [-0.3, -0.25) is 9.58 Å². The number of aromatic nitrogens is 4. The van der Waals surface area contributed by atoms with Gasteiger partial charge in [0.25, 0.3) is 0 Å². The highest BCUT2D eigenvalue weighted by atomic mass is 19.4. The lowest BCUT2D eigenvalue weighted by Gasteiger charge is -2.35. The van der Waals surface area contributed by atoms with Crippen LogP contribution in [0.1, 0.15) is 46.5 Å². The Hall–Kier alpha value is -4.67. The molecule has 244 valence electrons. The van der Waals surface area contributed by atoms with E-state index < -0.39 is 59.7 Å². The van der Waals surface area contributed by atoms with Crippen molar-refractivity contribution in [1.82, 2.24) is 30.0 Å². The third-order valence-corrected chi connectivity index (χ3v) is 7.98. The lowest BCUT2D eigenvalue weighted by molar-refractivity contribution is -0.143. The molecule has 0 radical (unpaired) electrons. The van der Waals surface area contributed by atoms with Crippen LogP contribution in [-0.2, 0) is 30.7 Å². The minimum absolute atomic E-state index is 0.000610. The number of nitrogens with zero attached hydrogens (tertiary/aromatic N) is 6. The van der Waals surface area contributed by atoms with Gasteiger partial charge in [0.1, 0.15) is 12.3 Å². The number of ether oxygens (including phenoxy) is 1. The average Bonchev–Trinajstić information content (AvgIpc) is 3.53. The Morgan fingerprint density at radius 3 is 2.33 bits per heavy atom. The van der Waals surface area contributed by atoms with Gasteiger partial charge >= 0.3 is 18.4 Å². The number of dihydropyridines is 1. The summed E-state index contributed by atoms with van der Waals surface area (Å²) in [6, 6.07) is 0.0112. The molecule has 3 atom stereocenters. The van der Waals surface area contributed by atoms with Crippen LogP contribution in [0.15, 0.2) is 49.1 Å². The molecule has 2 aromatic heterocycles. The molecule has 10 nitrogen and oxygen atoms in total. The number of halogens is 7. The van der Waals surface area contributed by atoms with E-state index in [1.54, 1.807) is 41.3 Å². The molecule has 3 aliphatic rings. The van der Waals surface area contributed by atoms with Crippen LogP contribution in [0.25, 0.3) is 11.1 Å². The van der Waals surface area contributed by atoms with E-state index >= 15 is 0 Å². The summed E-state index contributed by atoms with van der Waals surface area (Å²) in [5.41, 5.74) is -1.42. The summed E-state index contributed by atoms with van der Waals surface area (Å²) in [6.45, 7) is 1.16. The topological polar surface area (TPSA) is 109 Å². The molecule has 2 saturated heterocycles. The number of alkyl halides is 7. The molecule has 0 bridgehead atoms. The summed E-state index contributed by atoms with van der Waals surface area (Å²) >= 11 is 0. The number of nitrogens with one attached hydrogen (secondary N) is 1. The van der Waals surface area contributed by atoms with E-state index in [9.17, 15) is 40.6 Å². The van der Waals surface area contributed by atoms with E-state index in [0.717, 1.165) is 4.90 Å². The van der Waals surface area contributed by atoms with Crippen LogP contribution in [0.5, 0.6) is 0 Å². The number of carbonyl (C=O) groups is 1. The summed E-state index contributed by atoms with van der Waals surface area (Å²) in [7, 11) is 1.73. The monoisotopic (exact) mass is 653 g/mol. The third kappa shape index (κ3) is 5.98. The van der Waals surface area contributed by atoms with Crippen molar-refractivity contribution in [3.63, 3.8) is 0 Å². The number of rotatable bonds is 6. The van der Waals surface area contributed by atoms with Crippen LogP contribution in [0.4, 0.5) is 41.5 Å². The molecule has 5 heterocycles. The number of hydrogen-bond acceptors (Lipinski definition) is 8. The zero-order valence-corrected chi connectivity index (χ0v) is 24.1. The van der Waals surface area contributed by atoms with Gasteiger partial charge in [-0.05, 0) is 36.8 Å². The number of allylic oxidation sites excluding steroid dienone is 2. The van der Waals surface area contributed by atoms with Gasteiger partial charge in [0, 0.05) is 47.9 Å². The van der Waals surface area contributed by atoms with Gasteiger partial charge in [-0.2, -0.15) is 31.4 Å². The maximum Gasteiger partial charge on any atom is 0.416 e. The molecule has 1 aromatic carbocycles. The van der Waals surface area contributed by atoms with E-state index in [1.165, 1.54) is 13.1 Å². The number of aryl methyl sites for hydroxylation is 1. The molecule has 6 rings (SSSR count). The van der Waals surface area contributed by atoms with Crippen LogP contribution >= 0.6 is 0 Å². The van der Waals surface area contributed by atoms with E-state index in [0.29, 0.717) is 28.8 Å². The second kappa shape index (κ2) is 11.3. The number of aliphatic hydroxyl groups is 1. The van der Waals surface area contributed by atoms with Crippen LogP contribution in [-0.4, -0.2) is 67.4 Å². The molecule has 0 spiro atoms. The zero-order chi connectivity index (χ0) is 33.1. The van der Waals surface area contributed by atoms with Gasteiger partial charge in [0.2, 0.25) is 5.95 Å². The number of aliphatic hydroxyl groups excluding tert-OH is 1. The molecule has 3 aliphatic heterocycles. The lowest BCUT2D eigenvalue weighted by atomic mass is 9.96. The summed E-state index contributed by atoms with van der Waals surface area (Å²) in [5.74, 6) is 0.138. The van der Waals surface area contributed by atoms with Crippen LogP contribution < -0.4 is 10.2 Å². The number of cyclic esters (lactones) is 1. The second-order valence-corrected chi connectivity index (χ2v) is 11.2. The van der Waals surface area contributed by atoms with Crippen molar-refractivity contribution in [3.8, 4) is 0 Å². The van der Waals surface area contributed by atoms with Crippen molar-refractivity contribution in [2.75, 3.05) is 18.0 Å². The minimum atomic E-state index is -5.09. The Bertz CT molecular complexity index is 1700. The average molecular weight is 654 g/mol. The van der Waals surface area contributed by atoms with Crippen molar-refractivity contribution >= 4 is 23.2 Å². The number of anilines is 1. The van der Waals surface area contributed by atoms with E-state index in [4.69, 9.17) is 4.74 Å². The lowest BCUT2D eigenvalue weighted by Crippen LogP contribution is -2.49. The first-order valence-electron chi connectivity index (χ1n) is 14.0. The summed E-state index contributed by atoms with van der Waals surface area (Å²) in [5, 5.41) is 17.9. The summed E-state index contributed by atoms with van der Waals surface area (Å²) in [4.78, 5) is 24.7. The molecule has 0 saturated carbocycles. The van der Waals surface area contributed by atoms with Gasteiger partial charge in [0.05, 0.1) is 48.7 Å². The predicted molar refractivity (Wildman–Crippen MR) is 148 cm³/mol. The zero-order valence-electron chi connectivity index (χ0n) is 24.1. The SMILES string of the molecule is C[C@H]1[C@@H](c2cc(C(F)(F)F)cc(C(F)(F)F)c2)OC(=O)N1Cc1nc(N2CC(F)C2)ncc1C1=CC(c2cnn(C)c2)=CNC1O. The maximum absolute atomic E-state index is 13.6. The highest BCUT2D eigenvalue weighted by Crippen LogP contribution is 2.41. The summed E-state index contributed by atoms with van der Waals surface area (Å²) in [6.07, 6.45) is -6.99. The van der Waals surface area contributed by atoms with Crippen molar-refractivity contribution < 1.29 is 45.4 Å². The first-order valence-corrected chi connectivity index (χ1v) is 14.0. The Kier molecular flexibility index (Phi) is 7.69. The van der Waals surface area contributed by atoms with Gasteiger partial charge in [-0.15, -0.1) is 0 Å². The normalized spacial score (nSPS) is 22.3. The molecule has 2 N–H and O–H groups in total. The molecule has 46 heavy (non-hydrogen) atoms. The highest BCUT2D eigenvalue weighted by Gasteiger charge is 2.44. The van der Waals surface area contributed by atoms with E-state index in [-0.39, 0.29) is 42.9 Å². The van der Waals surface area contributed by atoms with Crippen molar-refractivity contribution in [2.24, 2.45) is 7.05 Å². The fourth-order valence-electron chi connectivity index (χ4n) is 5.48. The Morgan fingerprint density at radius 1 is 1.07 bits per heavy atom. The minimum Gasteiger partial charge on any atom is -0.439 e. The second-order valence-electron chi connectivity index (χ2n) is 11.2. The first-order chi connectivity index (χ1) is 21.6. The fourth-order valence-corrected chi connectivity index (χ4v) is 5.48. The molecule has 3 aromatic rings. The smallest absolute Gasteiger partial charge is 0.416 e. The fraction of sp³-hybridized carbons (Fsp3) is 0.379. The maximum atomic E-state index is 13.6. The van der Waals surface area contributed by atoms with Crippen molar-refractivity contribution in [3.05, 3.63) is 82.6 Å². The van der Waals surface area contributed by atoms with E-state index in [2.05, 4.69) is 20.4 Å². The van der Waals surface area contributed by atoms with Crippen molar-refractivity contribution in [2.45, 2.75) is 50.4 Å². The molecule has 2 fully saturated rings. The highest BCUT2D eigenvalue weighted by molar-refractivity contribution is 5.87.